The molecule has 2 amide bonds. The number of alkyl halides is 3. The number of halogens is 3. The summed E-state index contributed by atoms with van der Waals surface area (Å²) < 4.78 is 36.9. The lowest BCUT2D eigenvalue weighted by molar-refractivity contribution is -0.137. The smallest absolute Gasteiger partial charge is 0.361 e. The average molecular weight is 260 g/mol. The molecule has 0 radical (unpaired) electrons. The van der Waals surface area contributed by atoms with Crippen LogP contribution in [0.3, 0.4) is 0 Å². The highest BCUT2D eigenvalue weighted by atomic mass is 19.4. The number of hydrogen-bond acceptors (Lipinski definition) is 2. The van der Waals surface area contributed by atoms with Crippen LogP contribution in [0.15, 0.2) is 24.3 Å². The van der Waals surface area contributed by atoms with Crippen molar-refractivity contribution in [2.75, 3.05) is 0 Å². The van der Waals surface area contributed by atoms with Crippen molar-refractivity contribution in [2.45, 2.75) is 19.1 Å². The van der Waals surface area contributed by atoms with Crippen LogP contribution >= 0.6 is 0 Å². The van der Waals surface area contributed by atoms with E-state index in [4.69, 9.17) is 5.73 Å². The lowest BCUT2D eigenvalue weighted by atomic mass is 10.1. The fourth-order valence-corrected chi connectivity index (χ4v) is 1.31. The molecular weight excluding hydrogens is 249 g/mol. The summed E-state index contributed by atoms with van der Waals surface area (Å²) >= 11 is 0. The molecule has 0 aliphatic carbocycles. The van der Waals surface area contributed by atoms with E-state index in [1.807, 2.05) is 0 Å². The molecule has 0 fully saturated rings. The van der Waals surface area contributed by atoms with E-state index in [1.54, 1.807) is 0 Å². The summed E-state index contributed by atoms with van der Waals surface area (Å²) in [4.78, 5) is 21.5. The van der Waals surface area contributed by atoms with Gasteiger partial charge in [0, 0.05) is 0 Å². The first-order chi connectivity index (χ1) is 8.21. The minimum absolute atomic E-state index is 0.442. The molecule has 0 saturated heterocycles. The molecule has 1 rings (SSSR count). The van der Waals surface area contributed by atoms with Gasteiger partial charge in [-0.05, 0) is 24.6 Å². The van der Waals surface area contributed by atoms with Crippen LogP contribution in [0.4, 0.5) is 13.2 Å². The molecular formula is C11H11F3N2O2. The Morgan fingerprint density at radius 3 is 2.11 bits per heavy atom. The van der Waals surface area contributed by atoms with E-state index in [0.29, 0.717) is 5.56 Å². The van der Waals surface area contributed by atoms with Crippen LogP contribution in [0.1, 0.15) is 24.1 Å². The van der Waals surface area contributed by atoms with E-state index in [9.17, 15) is 22.8 Å². The first-order valence-corrected chi connectivity index (χ1v) is 4.99. The molecule has 0 unspecified atom stereocenters. The minimum Gasteiger partial charge on any atom is -0.361 e. The van der Waals surface area contributed by atoms with E-state index in [2.05, 4.69) is 5.32 Å². The number of nitrogens with two attached hydrogens (primary N) is 1. The van der Waals surface area contributed by atoms with Gasteiger partial charge in [0.1, 0.15) is 0 Å². The van der Waals surface area contributed by atoms with Crippen LogP contribution in [0.5, 0.6) is 0 Å². The Bertz CT molecular complexity index is 454. The topological polar surface area (TPSA) is 72.2 Å². The van der Waals surface area contributed by atoms with Gasteiger partial charge in [-0.25, -0.2) is 0 Å². The van der Waals surface area contributed by atoms with E-state index in [1.165, 1.54) is 19.1 Å². The molecule has 0 aromatic heterocycles. The molecule has 3 N–H and O–H groups in total. The highest BCUT2D eigenvalue weighted by molar-refractivity contribution is 6.34. The third-order valence-corrected chi connectivity index (χ3v) is 2.31. The molecule has 7 heteroatoms. The molecule has 1 aromatic rings. The lowest BCUT2D eigenvalue weighted by Gasteiger charge is -2.14. The van der Waals surface area contributed by atoms with E-state index < -0.39 is 29.6 Å². The zero-order valence-electron chi connectivity index (χ0n) is 9.41. The summed E-state index contributed by atoms with van der Waals surface area (Å²) in [7, 11) is 0. The summed E-state index contributed by atoms with van der Waals surface area (Å²) in [6.07, 6.45) is -4.40. The van der Waals surface area contributed by atoms with Gasteiger partial charge in [0.15, 0.2) is 0 Å². The van der Waals surface area contributed by atoms with Gasteiger partial charge in [-0.2, -0.15) is 13.2 Å². The first-order valence-electron chi connectivity index (χ1n) is 4.99. The number of rotatable bonds is 2. The van der Waals surface area contributed by atoms with Gasteiger partial charge in [0.2, 0.25) is 0 Å². The SMILES string of the molecule is C[C@@H](NC(=O)C(N)=O)c1ccc(C(F)(F)F)cc1. The molecule has 0 spiro atoms. The van der Waals surface area contributed by atoms with E-state index >= 15 is 0 Å². The molecule has 4 nitrogen and oxygen atoms in total. The predicted octanol–water partition coefficient (Wildman–Crippen LogP) is 1.37. The second-order valence-corrected chi connectivity index (χ2v) is 3.68. The zero-order valence-corrected chi connectivity index (χ0v) is 9.41. The Morgan fingerprint density at radius 1 is 1.22 bits per heavy atom. The van der Waals surface area contributed by atoms with Crippen molar-refractivity contribution in [3.8, 4) is 0 Å². The predicted molar refractivity (Wildman–Crippen MR) is 57.2 cm³/mol. The Balaban J connectivity index is 2.79. The fourth-order valence-electron chi connectivity index (χ4n) is 1.31. The number of hydrogen-bond donors (Lipinski definition) is 2. The number of carbonyl (C=O) groups excluding carboxylic acids is 2. The van der Waals surface area contributed by atoms with Gasteiger partial charge in [0.05, 0.1) is 11.6 Å². The maximum Gasteiger partial charge on any atom is 0.416 e. The van der Waals surface area contributed by atoms with Crippen molar-refractivity contribution >= 4 is 11.8 Å². The number of primary amides is 1. The second kappa shape index (κ2) is 5.07. The highest BCUT2D eigenvalue weighted by Crippen LogP contribution is 2.29. The normalized spacial score (nSPS) is 12.9. The van der Waals surface area contributed by atoms with Crippen molar-refractivity contribution in [2.24, 2.45) is 5.73 Å². The molecule has 0 heterocycles. The van der Waals surface area contributed by atoms with Gasteiger partial charge in [-0.15, -0.1) is 0 Å². The largest absolute Gasteiger partial charge is 0.416 e. The van der Waals surface area contributed by atoms with Crippen LogP contribution in [-0.2, 0) is 15.8 Å². The van der Waals surface area contributed by atoms with Crippen molar-refractivity contribution in [1.82, 2.24) is 5.32 Å². The van der Waals surface area contributed by atoms with Crippen molar-refractivity contribution < 1.29 is 22.8 Å². The van der Waals surface area contributed by atoms with Gasteiger partial charge >= 0.3 is 18.0 Å². The highest BCUT2D eigenvalue weighted by Gasteiger charge is 2.30. The quantitative estimate of drug-likeness (QED) is 0.788. The van der Waals surface area contributed by atoms with Crippen LogP contribution in [0, 0.1) is 0 Å². The maximum atomic E-state index is 12.3. The third kappa shape index (κ3) is 3.47. The monoisotopic (exact) mass is 260 g/mol. The number of carbonyl (C=O) groups is 2. The van der Waals surface area contributed by atoms with E-state index in [0.717, 1.165) is 12.1 Å². The van der Waals surface area contributed by atoms with Crippen LogP contribution in [0.2, 0.25) is 0 Å². The summed E-state index contributed by atoms with van der Waals surface area (Å²) in [6, 6.07) is 3.67. The standard InChI is InChI=1S/C11H11F3N2O2/c1-6(16-10(18)9(15)17)7-2-4-8(5-3-7)11(12,13)14/h2-6H,1H3,(H2,15,17)(H,16,18)/t6-/m1/s1. The Kier molecular flexibility index (Phi) is 3.95. The average Bonchev–Trinajstić information content (AvgIpc) is 2.27. The Hall–Kier alpha value is -2.05. The van der Waals surface area contributed by atoms with Crippen LogP contribution < -0.4 is 11.1 Å². The molecule has 0 aliphatic rings. The number of amides is 2. The van der Waals surface area contributed by atoms with Crippen LogP contribution in [0.25, 0.3) is 0 Å². The fraction of sp³-hybridized carbons (Fsp3) is 0.273. The lowest BCUT2D eigenvalue weighted by Crippen LogP contribution is -2.37. The van der Waals surface area contributed by atoms with Crippen LogP contribution in [-0.4, -0.2) is 11.8 Å². The first kappa shape index (κ1) is 14.0. The van der Waals surface area contributed by atoms with Crippen molar-refractivity contribution in [3.05, 3.63) is 35.4 Å². The number of benzene rings is 1. The summed E-state index contributed by atoms with van der Waals surface area (Å²) in [6.45, 7) is 1.53. The molecule has 1 aromatic carbocycles. The zero-order chi connectivity index (χ0) is 13.9. The van der Waals surface area contributed by atoms with Crippen molar-refractivity contribution in [3.63, 3.8) is 0 Å². The molecule has 0 bridgehead atoms. The Labute approximate surface area is 101 Å². The van der Waals surface area contributed by atoms with Crippen molar-refractivity contribution in [1.29, 1.82) is 0 Å². The van der Waals surface area contributed by atoms with Gasteiger partial charge in [-0.1, -0.05) is 12.1 Å². The molecule has 0 saturated carbocycles. The minimum atomic E-state index is -4.40. The van der Waals surface area contributed by atoms with E-state index in [-0.39, 0.29) is 0 Å². The maximum absolute atomic E-state index is 12.3. The molecule has 18 heavy (non-hydrogen) atoms. The third-order valence-electron chi connectivity index (χ3n) is 2.31. The van der Waals surface area contributed by atoms with Gasteiger partial charge in [-0.3, -0.25) is 9.59 Å². The molecule has 0 aliphatic heterocycles. The summed E-state index contributed by atoms with van der Waals surface area (Å²) in [5.41, 5.74) is 4.41. The number of nitrogens with one attached hydrogen (secondary N) is 1. The van der Waals surface area contributed by atoms with Gasteiger partial charge < -0.3 is 11.1 Å². The molecule has 1 atom stereocenters. The summed E-state index contributed by atoms with van der Waals surface area (Å²) in [5, 5.41) is 2.26. The second-order valence-electron chi connectivity index (χ2n) is 3.68. The Morgan fingerprint density at radius 2 is 1.72 bits per heavy atom. The molecule has 98 valence electrons. The summed E-state index contributed by atoms with van der Waals surface area (Å²) in [5.74, 6) is -2.13. The van der Waals surface area contributed by atoms with Gasteiger partial charge in [0.25, 0.3) is 0 Å².